The molecule has 1 N–H and O–H groups in total. The number of likely N-dealkylation sites (tertiary alicyclic amines) is 1. The molecule has 0 aromatic heterocycles. The second-order valence-electron chi connectivity index (χ2n) is 4.99. The molecule has 1 aliphatic rings. The van der Waals surface area contributed by atoms with Gasteiger partial charge in [0.15, 0.2) is 0 Å². The Morgan fingerprint density at radius 3 is 2.29 bits per heavy atom. The second kappa shape index (κ2) is 6.69. The molecule has 2 unspecified atom stereocenters. The number of aromatic carboxylic acids is 1. The van der Waals surface area contributed by atoms with Crippen LogP contribution in [0.5, 0.6) is 0 Å². The van der Waals surface area contributed by atoms with Gasteiger partial charge in [-0.3, -0.25) is 4.79 Å². The van der Waals surface area contributed by atoms with Gasteiger partial charge in [-0.1, -0.05) is 18.2 Å². The highest BCUT2D eigenvalue weighted by Crippen LogP contribution is 2.18. The van der Waals surface area contributed by atoms with Crippen molar-refractivity contribution >= 4 is 11.9 Å². The topological polar surface area (TPSA) is 76.1 Å². The Balaban J connectivity index is 2.08. The summed E-state index contributed by atoms with van der Waals surface area (Å²) >= 11 is 0. The molecule has 6 heteroatoms. The number of rotatable bonds is 5. The summed E-state index contributed by atoms with van der Waals surface area (Å²) in [4.78, 5) is 25.1. The third kappa shape index (κ3) is 3.40. The minimum absolute atomic E-state index is 0.0648. The van der Waals surface area contributed by atoms with E-state index < -0.39 is 5.97 Å². The maximum atomic E-state index is 12.3. The number of hydrogen-bond donors (Lipinski definition) is 1. The predicted molar refractivity (Wildman–Crippen MR) is 75.3 cm³/mol. The second-order valence-corrected chi connectivity index (χ2v) is 4.99. The molecule has 1 fully saturated rings. The highest BCUT2D eigenvalue weighted by atomic mass is 16.5. The molecule has 0 spiro atoms. The summed E-state index contributed by atoms with van der Waals surface area (Å²) in [5.41, 5.74) is 0.682. The molecule has 1 aromatic rings. The van der Waals surface area contributed by atoms with Crippen LogP contribution in [0.3, 0.4) is 0 Å². The number of hydrogen-bond acceptors (Lipinski definition) is 4. The van der Waals surface area contributed by atoms with Gasteiger partial charge in [0.1, 0.15) is 12.2 Å². The zero-order chi connectivity index (χ0) is 15.4. The fourth-order valence-corrected chi connectivity index (χ4v) is 2.56. The Morgan fingerprint density at radius 1 is 1.19 bits per heavy atom. The van der Waals surface area contributed by atoms with E-state index >= 15 is 0 Å². The number of ether oxygens (including phenoxy) is 2. The average molecular weight is 293 g/mol. The lowest BCUT2D eigenvalue weighted by Crippen LogP contribution is -2.31. The van der Waals surface area contributed by atoms with Gasteiger partial charge in [-0.05, 0) is 11.6 Å². The number of methoxy groups -OCH3 is 2. The van der Waals surface area contributed by atoms with Crippen molar-refractivity contribution in [1.29, 1.82) is 0 Å². The lowest BCUT2D eigenvalue weighted by molar-refractivity contribution is -0.130. The molecule has 0 saturated carbocycles. The number of carboxylic acids is 1. The van der Waals surface area contributed by atoms with Gasteiger partial charge < -0.3 is 19.5 Å². The average Bonchev–Trinajstić information content (AvgIpc) is 2.91. The van der Waals surface area contributed by atoms with Gasteiger partial charge >= 0.3 is 5.97 Å². The van der Waals surface area contributed by atoms with E-state index in [1.165, 1.54) is 6.07 Å². The van der Waals surface area contributed by atoms with E-state index in [1.807, 2.05) is 0 Å². The monoisotopic (exact) mass is 293 g/mol. The lowest BCUT2D eigenvalue weighted by Gasteiger charge is -2.16. The van der Waals surface area contributed by atoms with Gasteiger partial charge in [0, 0.05) is 27.3 Å². The molecule has 1 aliphatic heterocycles. The van der Waals surface area contributed by atoms with Crippen molar-refractivity contribution in [3.05, 3.63) is 35.4 Å². The van der Waals surface area contributed by atoms with Crippen molar-refractivity contribution < 1.29 is 24.2 Å². The van der Waals surface area contributed by atoms with Gasteiger partial charge in [-0.25, -0.2) is 4.79 Å². The summed E-state index contributed by atoms with van der Waals surface area (Å²) in [6.45, 7) is 0.923. The van der Waals surface area contributed by atoms with Crippen LogP contribution in [0.15, 0.2) is 24.3 Å². The third-order valence-corrected chi connectivity index (χ3v) is 3.76. The Hall–Kier alpha value is -1.92. The number of carboxylic acid groups (broad SMARTS) is 1. The quantitative estimate of drug-likeness (QED) is 0.869. The largest absolute Gasteiger partial charge is 0.478 e. The fourth-order valence-electron chi connectivity index (χ4n) is 2.56. The highest BCUT2D eigenvalue weighted by molar-refractivity contribution is 5.91. The van der Waals surface area contributed by atoms with Crippen molar-refractivity contribution in [3.8, 4) is 0 Å². The smallest absolute Gasteiger partial charge is 0.335 e. The molecule has 21 heavy (non-hydrogen) atoms. The number of carbonyl (C=O) groups excluding carboxylic acids is 1. The van der Waals surface area contributed by atoms with Crippen LogP contribution in [0.4, 0.5) is 0 Å². The van der Waals surface area contributed by atoms with Gasteiger partial charge in [-0.15, -0.1) is 0 Å². The molecule has 1 amide bonds. The first kappa shape index (κ1) is 15.5. The Bertz CT molecular complexity index is 519. The van der Waals surface area contributed by atoms with E-state index in [4.69, 9.17) is 14.6 Å². The lowest BCUT2D eigenvalue weighted by atomic mass is 10.0. The summed E-state index contributed by atoms with van der Waals surface area (Å²) in [6, 6.07) is 6.55. The minimum Gasteiger partial charge on any atom is -0.478 e. The van der Waals surface area contributed by atoms with Crippen molar-refractivity contribution in [2.45, 2.75) is 18.6 Å². The van der Waals surface area contributed by atoms with Crippen LogP contribution >= 0.6 is 0 Å². The number of carbonyl (C=O) groups is 2. The zero-order valence-electron chi connectivity index (χ0n) is 12.1. The van der Waals surface area contributed by atoms with Gasteiger partial charge in [0.2, 0.25) is 5.91 Å². The summed E-state index contributed by atoms with van der Waals surface area (Å²) < 4.78 is 10.6. The summed E-state index contributed by atoms with van der Waals surface area (Å²) in [5.74, 6) is -1.14. The molecule has 6 nitrogen and oxygen atoms in total. The molecule has 1 aromatic carbocycles. The van der Waals surface area contributed by atoms with Crippen LogP contribution in [0.2, 0.25) is 0 Å². The Labute approximate surface area is 123 Å². The SMILES string of the molecule is COC1CN(C(=O)Cc2ccccc2C(=O)O)CC1OC. The van der Waals surface area contributed by atoms with E-state index in [0.717, 1.165) is 0 Å². The molecule has 0 bridgehead atoms. The van der Waals surface area contributed by atoms with Crippen LogP contribution < -0.4 is 0 Å². The minimum atomic E-state index is -1.02. The van der Waals surface area contributed by atoms with Crippen LogP contribution in [-0.2, 0) is 20.7 Å². The predicted octanol–water partition coefficient (Wildman–Crippen LogP) is 0.799. The van der Waals surface area contributed by atoms with E-state index in [2.05, 4.69) is 0 Å². The molecule has 2 rings (SSSR count). The van der Waals surface area contributed by atoms with Crippen LogP contribution in [0.1, 0.15) is 15.9 Å². The number of amides is 1. The first-order valence-electron chi connectivity index (χ1n) is 6.71. The molecule has 0 radical (unpaired) electrons. The van der Waals surface area contributed by atoms with E-state index in [-0.39, 0.29) is 30.1 Å². The molecular weight excluding hydrogens is 274 g/mol. The molecule has 2 atom stereocenters. The van der Waals surface area contributed by atoms with Crippen LogP contribution in [0.25, 0.3) is 0 Å². The third-order valence-electron chi connectivity index (χ3n) is 3.76. The molecule has 1 saturated heterocycles. The summed E-state index contributed by atoms with van der Waals surface area (Å²) in [7, 11) is 3.18. The van der Waals surface area contributed by atoms with Gasteiger partial charge in [0.25, 0.3) is 0 Å². The Kier molecular flexibility index (Phi) is 4.93. The number of nitrogens with zero attached hydrogens (tertiary/aromatic N) is 1. The first-order valence-corrected chi connectivity index (χ1v) is 6.71. The van der Waals surface area contributed by atoms with E-state index in [0.29, 0.717) is 18.7 Å². The van der Waals surface area contributed by atoms with Gasteiger partial charge in [-0.2, -0.15) is 0 Å². The normalized spacial score (nSPS) is 21.5. The molecule has 114 valence electrons. The van der Waals surface area contributed by atoms with E-state index in [1.54, 1.807) is 37.3 Å². The summed E-state index contributed by atoms with van der Waals surface area (Å²) in [6.07, 6.45) is -0.225. The number of benzene rings is 1. The first-order chi connectivity index (χ1) is 10.1. The maximum absolute atomic E-state index is 12.3. The Morgan fingerprint density at radius 2 is 1.76 bits per heavy atom. The molecule has 0 aliphatic carbocycles. The van der Waals surface area contributed by atoms with E-state index in [9.17, 15) is 9.59 Å². The highest BCUT2D eigenvalue weighted by Gasteiger charge is 2.35. The molecular formula is C15H19NO5. The standard InChI is InChI=1S/C15H19NO5/c1-20-12-8-16(9-13(12)21-2)14(17)7-10-5-3-4-6-11(10)15(18)19/h3-6,12-13H,7-9H2,1-2H3,(H,18,19). The molecule has 1 heterocycles. The van der Waals surface area contributed by atoms with Crippen molar-refractivity contribution in [1.82, 2.24) is 4.90 Å². The van der Waals surface area contributed by atoms with Crippen molar-refractivity contribution in [2.75, 3.05) is 27.3 Å². The van der Waals surface area contributed by atoms with Crippen LogP contribution in [-0.4, -0.2) is 61.4 Å². The van der Waals surface area contributed by atoms with Gasteiger partial charge in [0.05, 0.1) is 12.0 Å². The fraction of sp³-hybridized carbons (Fsp3) is 0.467. The van der Waals surface area contributed by atoms with Crippen molar-refractivity contribution in [2.24, 2.45) is 0 Å². The van der Waals surface area contributed by atoms with Crippen LogP contribution in [0, 0.1) is 0 Å². The zero-order valence-corrected chi connectivity index (χ0v) is 12.1. The maximum Gasteiger partial charge on any atom is 0.335 e. The summed E-state index contributed by atoms with van der Waals surface area (Å²) in [5, 5.41) is 9.14. The van der Waals surface area contributed by atoms with Crippen molar-refractivity contribution in [3.63, 3.8) is 0 Å².